The molecule has 18 heavy (non-hydrogen) atoms. The van der Waals surface area contributed by atoms with Gasteiger partial charge in [0.1, 0.15) is 0 Å². The van der Waals surface area contributed by atoms with Gasteiger partial charge in [0, 0.05) is 30.7 Å². The number of likely N-dealkylation sites (N-methyl/N-ethyl adjacent to an activating group) is 1. The highest BCUT2D eigenvalue weighted by atomic mass is 32.1. The molecule has 0 saturated heterocycles. The Balaban J connectivity index is 1.81. The van der Waals surface area contributed by atoms with E-state index < -0.39 is 0 Å². The third kappa shape index (κ3) is 3.22. The standard InChI is InChI=1S/C13H22N2O2S/c1-10-9-18-13(17)15(10)7-6-14(2)8-11-4-3-5-12(11)16/h9,11-12,16H,3-8H2,1-2H3. The van der Waals surface area contributed by atoms with Gasteiger partial charge in [-0.25, -0.2) is 0 Å². The molecule has 1 aliphatic rings. The number of thiazole rings is 1. The highest BCUT2D eigenvalue weighted by molar-refractivity contribution is 7.07. The van der Waals surface area contributed by atoms with E-state index in [1.807, 2.05) is 16.9 Å². The summed E-state index contributed by atoms with van der Waals surface area (Å²) in [6.45, 7) is 4.51. The fourth-order valence-electron chi connectivity index (χ4n) is 2.67. The van der Waals surface area contributed by atoms with Crippen molar-refractivity contribution in [2.45, 2.75) is 38.8 Å². The molecule has 1 heterocycles. The molecule has 1 saturated carbocycles. The molecule has 4 nitrogen and oxygen atoms in total. The van der Waals surface area contributed by atoms with E-state index in [1.165, 1.54) is 11.3 Å². The Morgan fingerprint density at radius 3 is 2.89 bits per heavy atom. The number of rotatable bonds is 5. The molecule has 0 radical (unpaired) electrons. The van der Waals surface area contributed by atoms with Crippen LogP contribution in [-0.2, 0) is 6.54 Å². The zero-order chi connectivity index (χ0) is 13.1. The molecule has 2 rings (SSSR count). The molecule has 0 spiro atoms. The van der Waals surface area contributed by atoms with Crippen LogP contribution in [0.15, 0.2) is 10.2 Å². The Hall–Kier alpha value is -0.650. The average molecular weight is 270 g/mol. The lowest BCUT2D eigenvalue weighted by molar-refractivity contribution is 0.108. The van der Waals surface area contributed by atoms with Crippen molar-refractivity contribution in [1.29, 1.82) is 0 Å². The Kier molecular flexibility index (Phi) is 4.59. The first-order valence-electron chi connectivity index (χ1n) is 6.59. The molecule has 0 aromatic carbocycles. The van der Waals surface area contributed by atoms with E-state index in [1.54, 1.807) is 0 Å². The number of aryl methyl sites for hydroxylation is 1. The fourth-order valence-corrected chi connectivity index (χ4v) is 3.43. The Labute approximate surface area is 112 Å². The lowest BCUT2D eigenvalue weighted by Crippen LogP contribution is -2.33. The van der Waals surface area contributed by atoms with Gasteiger partial charge in [-0.15, -0.1) is 0 Å². The largest absolute Gasteiger partial charge is 0.393 e. The third-order valence-corrected chi connectivity index (χ3v) is 4.73. The molecule has 1 aromatic rings. The van der Waals surface area contributed by atoms with E-state index in [4.69, 9.17) is 0 Å². The molecule has 1 aromatic heterocycles. The summed E-state index contributed by atoms with van der Waals surface area (Å²) in [7, 11) is 2.07. The summed E-state index contributed by atoms with van der Waals surface area (Å²) < 4.78 is 1.83. The van der Waals surface area contributed by atoms with Crippen LogP contribution in [0.4, 0.5) is 0 Å². The molecule has 2 unspecified atom stereocenters. The van der Waals surface area contributed by atoms with Crippen molar-refractivity contribution in [1.82, 2.24) is 9.47 Å². The number of nitrogens with zero attached hydrogens (tertiary/aromatic N) is 2. The van der Waals surface area contributed by atoms with Gasteiger partial charge in [0.15, 0.2) is 0 Å². The van der Waals surface area contributed by atoms with E-state index in [-0.39, 0.29) is 11.0 Å². The van der Waals surface area contributed by atoms with Gasteiger partial charge in [0.25, 0.3) is 0 Å². The number of aromatic nitrogens is 1. The summed E-state index contributed by atoms with van der Waals surface area (Å²) in [6, 6.07) is 0. The first-order valence-corrected chi connectivity index (χ1v) is 7.47. The van der Waals surface area contributed by atoms with Crippen LogP contribution in [-0.4, -0.2) is 40.8 Å². The van der Waals surface area contributed by atoms with Gasteiger partial charge in [0.05, 0.1) is 6.10 Å². The Morgan fingerprint density at radius 1 is 1.56 bits per heavy atom. The second-order valence-electron chi connectivity index (χ2n) is 5.32. The Morgan fingerprint density at radius 2 is 2.33 bits per heavy atom. The van der Waals surface area contributed by atoms with Crippen molar-refractivity contribution in [3.05, 3.63) is 20.7 Å². The number of aliphatic hydroxyl groups excluding tert-OH is 1. The Bertz CT molecular complexity index is 440. The molecule has 0 amide bonds. The number of hydrogen-bond acceptors (Lipinski definition) is 4. The van der Waals surface area contributed by atoms with Gasteiger partial charge >= 0.3 is 4.87 Å². The van der Waals surface area contributed by atoms with Gasteiger partial charge in [-0.1, -0.05) is 17.8 Å². The lowest BCUT2D eigenvalue weighted by Gasteiger charge is -2.23. The first-order chi connectivity index (χ1) is 8.58. The molecule has 1 aliphatic carbocycles. The summed E-state index contributed by atoms with van der Waals surface area (Å²) in [4.78, 5) is 13.9. The monoisotopic (exact) mass is 270 g/mol. The third-order valence-electron chi connectivity index (χ3n) is 3.85. The second kappa shape index (κ2) is 5.99. The maximum Gasteiger partial charge on any atom is 0.307 e. The van der Waals surface area contributed by atoms with Crippen molar-refractivity contribution < 1.29 is 5.11 Å². The van der Waals surface area contributed by atoms with Crippen LogP contribution >= 0.6 is 11.3 Å². The summed E-state index contributed by atoms with van der Waals surface area (Å²) in [5.41, 5.74) is 1.04. The molecule has 0 bridgehead atoms. The summed E-state index contributed by atoms with van der Waals surface area (Å²) >= 11 is 1.26. The summed E-state index contributed by atoms with van der Waals surface area (Å²) in [6.07, 6.45) is 3.09. The molecule has 5 heteroatoms. The minimum absolute atomic E-state index is 0.127. The predicted octanol–water partition coefficient (Wildman–Crippen LogP) is 1.31. The van der Waals surface area contributed by atoms with Crippen molar-refractivity contribution in [3.63, 3.8) is 0 Å². The molecule has 0 aliphatic heterocycles. The highest BCUT2D eigenvalue weighted by Crippen LogP contribution is 2.25. The molecule has 2 atom stereocenters. The van der Waals surface area contributed by atoms with Crippen molar-refractivity contribution in [2.24, 2.45) is 5.92 Å². The van der Waals surface area contributed by atoms with Crippen LogP contribution in [0, 0.1) is 12.8 Å². The molecule has 1 fully saturated rings. The van der Waals surface area contributed by atoms with Crippen LogP contribution < -0.4 is 4.87 Å². The van der Waals surface area contributed by atoms with E-state index >= 15 is 0 Å². The van der Waals surface area contributed by atoms with Gasteiger partial charge in [-0.3, -0.25) is 4.79 Å². The normalized spacial score (nSPS) is 24.0. The van der Waals surface area contributed by atoms with E-state index in [2.05, 4.69) is 11.9 Å². The van der Waals surface area contributed by atoms with Crippen LogP contribution in [0.5, 0.6) is 0 Å². The van der Waals surface area contributed by atoms with Crippen LogP contribution in [0.2, 0.25) is 0 Å². The molecule has 1 N–H and O–H groups in total. The number of aliphatic hydroxyl groups is 1. The van der Waals surface area contributed by atoms with Gasteiger partial charge in [0.2, 0.25) is 0 Å². The van der Waals surface area contributed by atoms with E-state index in [9.17, 15) is 9.90 Å². The molecular formula is C13H22N2O2S. The van der Waals surface area contributed by atoms with Crippen LogP contribution in [0.25, 0.3) is 0 Å². The maximum atomic E-state index is 11.6. The summed E-state index contributed by atoms with van der Waals surface area (Å²) in [5.74, 6) is 0.412. The zero-order valence-electron chi connectivity index (χ0n) is 11.1. The average Bonchev–Trinajstić information content (AvgIpc) is 2.85. The highest BCUT2D eigenvalue weighted by Gasteiger charge is 2.25. The summed E-state index contributed by atoms with van der Waals surface area (Å²) in [5, 5.41) is 11.7. The SMILES string of the molecule is Cc1csc(=O)n1CCN(C)CC1CCCC1O. The van der Waals surface area contributed by atoms with E-state index in [0.29, 0.717) is 5.92 Å². The smallest absolute Gasteiger partial charge is 0.307 e. The second-order valence-corrected chi connectivity index (χ2v) is 6.14. The van der Waals surface area contributed by atoms with Gasteiger partial charge in [-0.2, -0.15) is 0 Å². The van der Waals surface area contributed by atoms with Gasteiger partial charge < -0.3 is 14.6 Å². The molecular weight excluding hydrogens is 248 g/mol. The predicted molar refractivity (Wildman–Crippen MR) is 74.2 cm³/mol. The lowest BCUT2D eigenvalue weighted by atomic mass is 10.1. The van der Waals surface area contributed by atoms with Crippen LogP contribution in [0.1, 0.15) is 25.0 Å². The maximum absolute atomic E-state index is 11.6. The van der Waals surface area contributed by atoms with Crippen molar-refractivity contribution in [2.75, 3.05) is 20.1 Å². The van der Waals surface area contributed by atoms with Crippen LogP contribution in [0.3, 0.4) is 0 Å². The topological polar surface area (TPSA) is 45.5 Å². The fraction of sp³-hybridized carbons (Fsp3) is 0.769. The zero-order valence-corrected chi connectivity index (χ0v) is 11.9. The molecule has 102 valence electrons. The van der Waals surface area contributed by atoms with Crippen molar-refractivity contribution in [3.8, 4) is 0 Å². The van der Waals surface area contributed by atoms with Crippen molar-refractivity contribution >= 4 is 11.3 Å². The minimum atomic E-state index is -0.127. The van der Waals surface area contributed by atoms with Gasteiger partial charge in [-0.05, 0) is 32.7 Å². The quantitative estimate of drug-likeness (QED) is 0.877. The minimum Gasteiger partial charge on any atom is -0.393 e. The number of hydrogen-bond donors (Lipinski definition) is 1. The van der Waals surface area contributed by atoms with E-state index in [0.717, 1.165) is 44.6 Å². The first kappa shape index (κ1) is 13.8.